The number of rotatable bonds is 8. The third kappa shape index (κ3) is 4.27. The van der Waals surface area contributed by atoms with Crippen LogP contribution < -0.4 is 10.0 Å². The molecule has 0 saturated heterocycles. The Kier molecular flexibility index (Phi) is 5.92. The van der Waals surface area contributed by atoms with Crippen molar-refractivity contribution < 1.29 is 13.2 Å². The molecule has 0 aromatic carbocycles. The molecule has 1 heterocycles. The van der Waals surface area contributed by atoms with E-state index in [2.05, 4.69) is 20.2 Å². The number of sulfonamides is 1. The highest BCUT2D eigenvalue weighted by molar-refractivity contribution is 7.89. The van der Waals surface area contributed by atoms with E-state index in [0.29, 0.717) is 25.1 Å². The van der Waals surface area contributed by atoms with Gasteiger partial charge in [0.15, 0.2) is 5.03 Å². The summed E-state index contributed by atoms with van der Waals surface area (Å²) in [5.74, 6) is 0. The Bertz CT molecular complexity index is 498. The van der Waals surface area contributed by atoms with Crippen molar-refractivity contribution >= 4 is 10.0 Å². The van der Waals surface area contributed by atoms with Gasteiger partial charge in [0.25, 0.3) is 10.0 Å². The van der Waals surface area contributed by atoms with E-state index in [1.807, 2.05) is 0 Å². The van der Waals surface area contributed by atoms with Gasteiger partial charge in [-0.25, -0.2) is 13.1 Å². The fraction of sp³-hybridized carbons (Fsp3) is 0.727. The molecule has 19 heavy (non-hydrogen) atoms. The maximum Gasteiger partial charge on any atom is 0.260 e. The van der Waals surface area contributed by atoms with Gasteiger partial charge < -0.3 is 10.1 Å². The number of aromatic nitrogens is 2. The monoisotopic (exact) mass is 290 g/mol. The summed E-state index contributed by atoms with van der Waals surface area (Å²) >= 11 is 0. The zero-order valence-corrected chi connectivity index (χ0v) is 12.6. The van der Waals surface area contributed by atoms with Crippen LogP contribution in [0.5, 0.6) is 0 Å². The van der Waals surface area contributed by atoms with Crippen LogP contribution >= 0.6 is 0 Å². The predicted molar refractivity (Wildman–Crippen MR) is 72.4 cm³/mol. The standard InChI is InChI=1S/C11H22N4O3S/c1-8(5-6-18-4)15-19(16,17)11-10(7-12-3)9(2)13-14-11/h8,12,15H,5-7H2,1-4H3,(H,13,14). The van der Waals surface area contributed by atoms with Gasteiger partial charge >= 0.3 is 0 Å². The van der Waals surface area contributed by atoms with E-state index in [4.69, 9.17) is 4.74 Å². The van der Waals surface area contributed by atoms with Crippen LogP contribution in [0, 0.1) is 6.92 Å². The number of methoxy groups -OCH3 is 1. The summed E-state index contributed by atoms with van der Waals surface area (Å²) in [6, 6.07) is -0.204. The van der Waals surface area contributed by atoms with Crippen molar-refractivity contribution in [2.45, 2.75) is 37.9 Å². The molecule has 0 aliphatic heterocycles. The molecule has 1 unspecified atom stereocenters. The summed E-state index contributed by atoms with van der Waals surface area (Å²) in [6.45, 7) is 4.55. The minimum absolute atomic E-state index is 0.0589. The van der Waals surface area contributed by atoms with E-state index >= 15 is 0 Å². The number of aryl methyl sites for hydroxylation is 1. The molecule has 1 aromatic rings. The largest absolute Gasteiger partial charge is 0.385 e. The topological polar surface area (TPSA) is 96.1 Å². The van der Waals surface area contributed by atoms with Crippen LogP contribution in [0.4, 0.5) is 0 Å². The zero-order chi connectivity index (χ0) is 14.5. The molecule has 1 rings (SSSR count). The first-order valence-electron chi connectivity index (χ1n) is 6.12. The van der Waals surface area contributed by atoms with Crippen LogP contribution in [0.1, 0.15) is 24.6 Å². The second kappa shape index (κ2) is 6.99. The molecule has 0 fully saturated rings. The maximum atomic E-state index is 12.3. The van der Waals surface area contributed by atoms with E-state index in [-0.39, 0.29) is 11.1 Å². The fourth-order valence-corrected chi connectivity index (χ4v) is 3.19. The second-order valence-corrected chi connectivity index (χ2v) is 6.10. The normalized spacial score (nSPS) is 13.7. The van der Waals surface area contributed by atoms with Crippen LogP contribution in [0.2, 0.25) is 0 Å². The molecule has 0 bridgehead atoms. The van der Waals surface area contributed by atoms with Gasteiger partial charge in [-0.1, -0.05) is 0 Å². The van der Waals surface area contributed by atoms with Crippen LogP contribution in [0.15, 0.2) is 5.03 Å². The lowest BCUT2D eigenvalue weighted by Crippen LogP contribution is -2.34. The molecule has 1 atom stereocenters. The molecule has 8 heteroatoms. The first-order valence-corrected chi connectivity index (χ1v) is 7.60. The summed E-state index contributed by atoms with van der Waals surface area (Å²) < 4.78 is 32.0. The van der Waals surface area contributed by atoms with E-state index in [0.717, 1.165) is 5.69 Å². The molecule has 0 radical (unpaired) electrons. The molecule has 3 N–H and O–H groups in total. The average molecular weight is 290 g/mol. The number of hydrogen-bond acceptors (Lipinski definition) is 5. The van der Waals surface area contributed by atoms with Gasteiger partial charge in [0.1, 0.15) is 0 Å². The Balaban J connectivity index is 2.88. The summed E-state index contributed by atoms with van der Waals surface area (Å²) in [5.41, 5.74) is 1.41. The third-order valence-electron chi connectivity index (χ3n) is 2.76. The molecular formula is C11H22N4O3S. The Morgan fingerprint density at radius 1 is 1.47 bits per heavy atom. The number of H-pyrrole nitrogens is 1. The molecule has 0 saturated carbocycles. The number of nitrogens with zero attached hydrogens (tertiary/aromatic N) is 1. The summed E-state index contributed by atoms with van der Waals surface area (Å²) in [7, 11) is -0.262. The van der Waals surface area contributed by atoms with Gasteiger partial charge in [-0.2, -0.15) is 5.10 Å². The lowest BCUT2D eigenvalue weighted by Gasteiger charge is -2.13. The van der Waals surface area contributed by atoms with Crippen LogP contribution in [0.25, 0.3) is 0 Å². The van der Waals surface area contributed by atoms with Crippen molar-refractivity contribution in [3.8, 4) is 0 Å². The van der Waals surface area contributed by atoms with Crippen molar-refractivity contribution in [2.75, 3.05) is 20.8 Å². The minimum Gasteiger partial charge on any atom is -0.385 e. The highest BCUT2D eigenvalue weighted by Gasteiger charge is 2.24. The van der Waals surface area contributed by atoms with Crippen LogP contribution in [-0.2, 0) is 21.3 Å². The lowest BCUT2D eigenvalue weighted by molar-refractivity contribution is 0.188. The first-order chi connectivity index (χ1) is 8.92. The summed E-state index contributed by atoms with van der Waals surface area (Å²) in [5, 5.41) is 9.60. The molecule has 0 aliphatic carbocycles. The van der Waals surface area contributed by atoms with Crippen molar-refractivity contribution in [3.63, 3.8) is 0 Å². The van der Waals surface area contributed by atoms with E-state index < -0.39 is 10.0 Å². The quantitative estimate of drug-likeness (QED) is 0.633. The maximum absolute atomic E-state index is 12.3. The first kappa shape index (κ1) is 16.1. The molecular weight excluding hydrogens is 268 g/mol. The zero-order valence-electron chi connectivity index (χ0n) is 11.8. The number of hydrogen-bond donors (Lipinski definition) is 3. The Morgan fingerprint density at radius 3 is 2.74 bits per heavy atom. The van der Waals surface area contributed by atoms with Crippen molar-refractivity contribution in [3.05, 3.63) is 11.3 Å². The Morgan fingerprint density at radius 2 is 2.16 bits per heavy atom. The van der Waals surface area contributed by atoms with Gasteiger partial charge in [-0.3, -0.25) is 5.10 Å². The summed E-state index contributed by atoms with van der Waals surface area (Å²) in [4.78, 5) is 0. The van der Waals surface area contributed by atoms with Crippen LogP contribution in [-0.4, -0.2) is 45.4 Å². The number of nitrogens with one attached hydrogen (secondary N) is 3. The van der Waals surface area contributed by atoms with Crippen molar-refractivity contribution in [1.29, 1.82) is 0 Å². The Hall–Kier alpha value is -0.960. The highest BCUT2D eigenvalue weighted by Crippen LogP contribution is 2.16. The lowest BCUT2D eigenvalue weighted by atomic mass is 10.3. The second-order valence-electron chi connectivity index (χ2n) is 4.47. The van der Waals surface area contributed by atoms with Crippen molar-refractivity contribution in [1.82, 2.24) is 20.2 Å². The number of aromatic amines is 1. The van der Waals surface area contributed by atoms with E-state index in [9.17, 15) is 8.42 Å². The molecule has 110 valence electrons. The molecule has 7 nitrogen and oxygen atoms in total. The van der Waals surface area contributed by atoms with Gasteiger partial charge in [0.2, 0.25) is 0 Å². The number of ether oxygens (including phenoxy) is 1. The van der Waals surface area contributed by atoms with Gasteiger partial charge in [-0.15, -0.1) is 0 Å². The van der Waals surface area contributed by atoms with Gasteiger partial charge in [-0.05, 0) is 27.3 Å². The minimum atomic E-state index is -3.61. The molecule has 0 aliphatic rings. The van der Waals surface area contributed by atoms with Crippen LogP contribution in [0.3, 0.4) is 0 Å². The predicted octanol–water partition coefficient (Wildman–Crippen LogP) is 0.141. The van der Waals surface area contributed by atoms with Gasteiger partial charge in [0, 0.05) is 37.6 Å². The van der Waals surface area contributed by atoms with E-state index in [1.54, 1.807) is 28.0 Å². The molecule has 1 aromatic heterocycles. The molecule has 0 amide bonds. The van der Waals surface area contributed by atoms with Crippen molar-refractivity contribution in [2.24, 2.45) is 0 Å². The average Bonchev–Trinajstić information content (AvgIpc) is 2.69. The Labute approximate surface area is 114 Å². The third-order valence-corrected chi connectivity index (χ3v) is 4.31. The molecule has 0 spiro atoms. The fourth-order valence-electron chi connectivity index (χ4n) is 1.71. The SMILES string of the molecule is CNCc1c(S(=O)(=O)NC(C)CCOC)n[nH]c1C. The van der Waals surface area contributed by atoms with Gasteiger partial charge in [0.05, 0.1) is 0 Å². The summed E-state index contributed by atoms with van der Waals surface area (Å²) in [6.07, 6.45) is 0.612. The highest BCUT2D eigenvalue weighted by atomic mass is 32.2. The smallest absolute Gasteiger partial charge is 0.260 e. The van der Waals surface area contributed by atoms with E-state index in [1.165, 1.54) is 0 Å².